The van der Waals surface area contributed by atoms with E-state index in [0.29, 0.717) is 18.8 Å². The van der Waals surface area contributed by atoms with Gasteiger partial charge in [0.25, 0.3) is 0 Å². The number of benzene rings is 1. The standard InChI is InChI=1S/C16H23BrClNO/c1-2-9-19-14-5-7-15(8-6-14)20-11-12-3-4-13(17)10-16(12)18/h3-4,10,14-15,19H,2,5-9,11H2,1H3. The van der Waals surface area contributed by atoms with Crippen molar-refractivity contribution in [1.29, 1.82) is 0 Å². The lowest BCUT2D eigenvalue weighted by Gasteiger charge is -2.29. The third-order valence-electron chi connectivity index (χ3n) is 3.85. The Labute approximate surface area is 135 Å². The summed E-state index contributed by atoms with van der Waals surface area (Å²) in [6.07, 6.45) is 6.33. The first-order valence-electron chi connectivity index (χ1n) is 7.48. The number of ether oxygens (including phenoxy) is 1. The van der Waals surface area contributed by atoms with Gasteiger partial charge < -0.3 is 10.1 Å². The van der Waals surface area contributed by atoms with E-state index in [2.05, 4.69) is 28.2 Å². The highest BCUT2D eigenvalue weighted by atomic mass is 79.9. The Hall–Kier alpha value is -0.0900. The summed E-state index contributed by atoms with van der Waals surface area (Å²) in [5, 5.41) is 4.37. The molecule has 0 spiro atoms. The second-order valence-corrected chi connectivity index (χ2v) is 6.80. The minimum Gasteiger partial charge on any atom is -0.373 e. The fourth-order valence-corrected chi connectivity index (χ4v) is 3.36. The molecule has 20 heavy (non-hydrogen) atoms. The third-order valence-corrected chi connectivity index (χ3v) is 4.69. The van der Waals surface area contributed by atoms with Crippen LogP contribution in [0.3, 0.4) is 0 Å². The zero-order chi connectivity index (χ0) is 14.4. The van der Waals surface area contributed by atoms with Gasteiger partial charge in [-0.25, -0.2) is 0 Å². The molecule has 4 heteroatoms. The van der Waals surface area contributed by atoms with E-state index in [9.17, 15) is 0 Å². The van der Waals surface area contributed by atoms with Gasteiger partial charge in [-0.05, 0) is 56.3 Å². The predicted octanol–water partition coefficient (Wildman–Crippen LogP) is 4.93. The molecule has 2 nitrogen and oxygen atoms in total. The maximum Gasteiger partial charge on any atom is 0.0735 e. The second kappa shape index (κ2) is 8.38. The van der Waals surface area contributed by atoms with E-state index < -0.39 is 0 Å². The average molecular weight is 361 g/mol. The summed E-state index contributed by atoms with van der Waals surface area (Å²) >= 11 is 9.63. The molecule has 0 heterocycles. The maximum absolute atomic E-state index is 6.21. The molecular formula is C16H23BrClNO. The van der Waals surface area contributed by atoms with Gasteiger partial charge in [-0.15, -0.1) is 0 Å². The summed E-state index contributed by atoms with van der Waals surface area (Å²) in [6, 6.07) is 6.65. The highest BCUT2D eigenvalue weighted by Gasteiger charge is 2.21. The molecule has 112 valence electrons. The highest BCUT2D eigenvalue weighted by Crippen LogP contribution is 2.25. The SMILES string of the molecule is CCCNC1CCC(OCc2ccc(Br)cc2Cl)CC1. The summed E-state index contributed by atoms with van der Waals surface area (Å²) in [5.74, 6) is 0. The molecular weight excluding hydrogens is 338 g/mol. The van der Waals surface area contributed by atoms with E-state index in [1.807, 2.05) is 18.2 Å². The monoisotopic (exact) mass is 359 g/mol. The van der Waals surface area contributed by atoms with E-state index in [-0.39, 0.29) is 0 Å². The Bertz CT molecular complexity index is 419. The smallest absolute Gasteiger partial charge is 0.0735 e. The number of hydrogen-bond donors (Lipinski definition) is 1. The molecule has 0 atom stereocenters. The third kappa shape index (κ3) is 5.03. The lowest BCUT2D eigenvalue weighted by atomic mass is 9.93. The van der Waals surface area contributed by atoms with Crippen LogP contribution >= 0.6 is 27.5 Å². The largest absolute Gasteiger partial charge is 0.373 e. The van der Waals surface area contributed by atoms with E-state index in [1.54, 1.807) is 0 Å². The number of nitrogens with one attached hydrogen (secondary N) is 1. The van der Waals surface area contributed by atoms with Crippen molar-refractivity contribution in [2.75, 3.05) is 6.54 Å². The first-order chi connectivity index (χ1) is 9.69. The molecule has 0 radical (unpaired) electrons. The van der Waals surface area contributed by atoms with Gasteiger partial charge in [0.15, 0.2) is 0 Å². The molecule has 1 aromatic rings. The Morgan fingerprint density at radius 2 is 2.05 bits per heavy atom. The van der Waals surface area contributed by atoms with E-state index in [4.69, 9.17) is 16.3 Å². The van der Waals surface area contributed by atoms with Crippen LogP contribution in [0.25, 0.3) is 0 Å². The normalized spacial score (nSPS) is 22.9. The molecule has 0 unspecified atom stereocenters. The molecule has 0 bridgehead atoms. The van der Waals surface area contributed by atoms with Crippen molar-refractivity contribution in [1.82, 2.24) is 5.32 Å². The summed E-state index contributed by atoms with van der Waals surface area (Å²) in [4.78, 5) is 0. The van der Waals surface area contributed by atoms with Crippen LogP contribution in [-0.2, 0) is 11.3 Å². The molecule has 1 N–H and O–H groups in total. The molecule has 1 fully saturated rings. The number of rotatable bonds is 6. The topological polar surface area (TPSA) is 21.3 Å². The molecule has 0 aromatic heterocycles. The quantitative estimate of drug-likeness (QED) is 0.776. The number of hydrogen-bond acceptors (Lipinski definition) is 2. The molecule has 1 aliphatic carbocycles. The zero-order valence-corrected chi connectivity index (χ0v) is 14.3. The highest BCUT2D eigenvalue weighted by molar-refractivity contribution is 9.10. The van der Waals surface area contributed by atoms with Crippen LogP contribution in [-0.4, -0.2) is 18.7 Å². The molecule has 0 aliphatic heterocycles. The van der Waals surface area contributed by atoms with Crippen LogP contribution in [0.1, 0.15) is 44.6 Å². The lowest BCUT2D eigenvalue weighted by molar-refractivity contribution is 0.0114. The van der Waals surface area contributed by atoms with Gasteiger partial charge in [0.1, 0.15) is 0 Å². The van der Waals surface area contributed by atoms with Crippen molar-refractivity contribution in [2.24, 2.45) is 0 Å². The van der Waals surface area contributed by atoms with Gasteiger partial charge >= 0.3 is 0 Å². The van der Waals surface area contributed by atoms with Gasteiger partial charge in [-0.2, -0.15) is 0 Å². The summed E-state index contributed by atoms with van der Waals surface area (Å²) in [5.41, 5.74) is 1.07. The zero-order valence-electron chi connectivity index (χ0n) is 12.0. The Balaban J connectivity index is 1.73. The van der Waals surface area contributed by atoms with Crippen molar-refractivity contribution in [3.63, 3.8) is 0 Å². The van der Waals surface area contributed by atoms with Gasteiger partial charge in [0, 0.05) is 15.5 Å². The van der Waals surface area contributed by atoms with Crippen LogP contribution in [0.4, 0.5) is 0 Å². The molecule has 0 amide bonds. The fourth-order valence-electron chi connectivity index (χ4n) is 2.63. The Morgan fingerprint density at radius 3 is 2.70 bits per heavy atom. The summed E-state index contributed by atoms with van der Waals surface area (Å²) in [7, 11) is 0. The van der Waals surface area contributed by atoms with Crippen molar-refractivity contribution in [3.8, 4) is 0 Å². The summed E-state index contributed by atoms with van der Waals surface area (Å²) in [6.45, 7) is 3.96. The van der Waals surface area contributed by atoms with Crippen molar-refractivity contribution < 1.29 is 4.74 Å². The Kier molecular flexibility index (Phi) is 6.82. The van der Waals surface area contributed by atoms with Crippen LogP contribution in [0, 0.1) is 0 Å². The molecule has 1 aliphatic rings. The van der Waals surface area contributed by atoms with Crippen LogP contribution in [0.5, 0.6) is 0 Å². The minimum absolute atomic E-state index is 0.384. The lowest BCUT2D eigenvalue weighted by Crippen LogP contribution is -2.35. The fraction of sp³-hybridized carbons (Fsp3) is 0.625. The molecule has 0 saturated heterocycles. The van der Waals surface area contributed by atoms with E-state index >= 15 is 0 Å². The van der Waals surface area contributed by atoms with E-state index in [0.717, 1.165) is 34.4 Å². The van der Waals surface area contributed by atoms with Crippen LogP contribution in [0.15, 0.2) is 22.7 Å². The van der Waals surface area contributed by atoms with E-state index in [1.165, 1.54) is 19.3 Å². The Morgan fingerprint density at radius 1 is 1.30 bits per heavy atom. The maximum atomic E-state index is 6.21. The summed E-state index contributed by atoms with van der Waals surface area (Å²) < 4.78 is 7.02. The van der Waals surface area contributed by atoms with Gasteiger partial charge in [-0.1, -0.05) is 40.5 Å². The van der Waals surface area contributed by atoms with Crippen LogP contribution < -0.4 is 5.32 Å². The first-order valence-corrected chi connectivity index (χ1v) is 8.65. The van der Waals surface area contributed by atoms with Crippen molar-refractivity contribution >= 4 is 27.5 Å². The minimum atomic E-state index is 0.384. The molecule has 2 rings (SSSR count). The van der Waals surface area contributed by atoms with Crippen molar-refractivity contribution in [3.05, 3.63) is 33.3 Å². The predicted molar refractivity (Wildman–Crippen MR) is 88.3 cm³/mol. The van der Waals surface area contributed by atoms with Gasteiger partial charge in [0.05, 0.1) is 12.7 Å². The second-order valence-electron chi connectivity index (χ2n) is 5.47. The van der Waals surface area contributed by atoms with Crippen molar-refractivity contribution in [2.45, 2.75) is 57.8 Å². The van der Waals surface area contributed by atoms with Gasteiger partial charge in [-0.3, -0.25) is 0 Å². The molecule has 1 aromatic carbocycles. The van der Waals surface area contributed by atoms with Crippen LogP contribution in [0.2, 0.25) is 5.02 Å². The first kappa shape index (κ1) is 16.3. The van der Waals surface area contributed by atoms with Gasteiger partial charge in [0.2, 0.25) is 0 Å². The average Bonchev–Trinajstić information content (AvgIpc) is 2.45. The number of halogens is 2. The molecule has 1 saturated carbocycles.